The van der Waals surface area contributed by atoms with E-state index in [1.54, 1.807) is 38.1 Å². The molecule has 3 rings (SSSR count). The van der Waals surface area contributed by atoms with Crippen LogP contribution < -0.4 is 0 Å². The molecule has 2 amide bonds. The zero-order valence-corrected chi connectivity index (χ0v) is 16.3. The molecule has 1 fully saturated rings. The van der Waals surface area contributed by atoms with Crippen LogP contribution in [0.3, 0.4) is 0 Å². The molecule has 0 N–H and O–H groups in total. The van der Waals surface area contributed by atoms with Crippen LogP contribution in [0, 0.1) is 5.92 Å². The molecule has 7 heteroatoms. The Bertz CT molecular complexity index is 799. The van der Waals surface area contributed by atoms with Crippen LogP contribution in [0.2, 0.25) is 0 Å². The Morgan fingerprint density at radius 1 is 0.862 bits per heavy atom. The van der Waals surface area contributed by atoms with Gasteiger partial charge in [-0.05, 0) is 18.1 Å². The van der Waals surface area contributed by atoms with Gasteiger partial charge >= 0.3 is 18.2 Å². The topological polar surface area (TPSA) is 82.1 Å². The van der Waals surface area contributed by atoms with E-state index in [1.165, 1.54) is 0 Å². The maximum absolute atomic E-state index is 12.7. The number of imide groups is 1. The predicted molar refractivity (Wildman–Crippen MR) is 104 cm³/mol. The molecule has 3 atom stereocenters. The largest absolute Gasteiger partial charge is 0.461 e. The third kappa shape index (κ3) is 4.93. The third-order valence-electron chi connectivity index (χ3n) is 4.86. The molecule has 29 heavy (non-hydrogen) atoms. The first kappa shape index (κ1) is 20.4. The molecule has 0 radical (unpaired) electrons. The van der Waals surface area contributed by atoms with Crippen molar-refractivity contribution in [2.24, 2.45) is 5.92 Å². The fourth-order valence-electron chi connectivity index (χ4n) is 3.05. The van der Waals surface area contributed by atoms with Crippen LogP contribution in [0.4, 0.5) is 9.59 Å². The molecule has 0 bridgehead atoms. The lowest BCUT2D eigenvalue weighted by Crippen LogP contribution is -2.50. The van der Waals surface area contributed by atoms with Crippen molar-refractivity contribution in [1.82, 2.24) is 4.90 Å². The van der Waals surface area contributed by atoms with Crippen LogP contribution in [0.25, 0.3) is 0 Å². The molecule has 1 aliphatic rings. The van der Waals surface area contributed by atoms with Gasteiger partial charge in [0.1, 0.15) is 25.4 Å². The first-order chi connectivity index (χ1) is 14.0. The number of nitrogens with zero attached hydrogens (tertiary/aromatic N) is 1. The van der Waals surface area contributed by atoms with E-state index in [1.807, 2.05) is 36.4 Å². The Morgan fingerprint density at radius 3 is 1.69 bits per heavy atom. The highest BCUT2D eigenvalue weighted by molar-refractivity contribution is 5.94. The average molecular weight is 397 g/mol. The summed E-state index contributed by atoms with van der Waals surface area (Å²) in [6, 6.07) is 17.0. The number of cyclic esters (lactones) is 1. The number of esters is 1. The highest BCUT2D eigenvalue weighted by atomic mass is 16.6. The summed E-state index contributed by atoms with van der Waals surface area (Å²) in [5, 5.41) is 0. The van der Waals surface area contributed by atoms with Gasteiger partial charge in [0.2, 0.25) is 0 Å². The number of benzene rings is 2. The van der Waals surface area contributed by atoms with E-state index in [0.717, 1.165) is 16.0 Å². The molecule has 1 saturated heterocycles. The first-order valence-corrected chi connectivity index (χ1v) is 9.38. The molecule has 0 saturated carbocycles. The van der Waals surface area contributed by atoms with Crippen LogP contribution >= 0.6 is 0 Å². The second kappa shape index (κ2) is 9.23. The second-order valence-electron chi connectivity index (χ2n) is 6.90. The molecule has 0 aliphatic carbocycles. The highest BCUT2D eigenvalue weighted by Crippen LogP contribution is 2.28. The van der Waals surface area contributed by atoms with Crippen molar-refractivity contribution >= 4 is 18.2 Å². The summed E-state index contributed by atoms with van der Waals surface area (Å²) in [7, 11) is 0. The van der Waals surface area contributed by atoms with Crippen molar-refractivity contribution in [2.45, 2.75) is 39.2 Å². The molecule has 1 aliphatic heterocycles. The lowest BCUT2D eigenvalue weighted by atomic mass is 9.99. The quantitative estimate of drug-likeness (QED) is 0.562. The average Bonchev–Trinajstić information content (AvgIpc) is 2.99. The Balaban J connectivity index is 1.74. The smallest absolute Gasteiger partial charge is 0.420 e. The minimum Gasteiger partial charge on any atom is -0.461 e. The van der Waals surface area contributed by atoms with Gasteiger partial charge in [-0.2, -0.15) is 4.90 Å². The van der Waals surface area contributed by atoms with E-state index in [0.29, 0.717) is 0 Å². The lowest BCUT2D eigenvalue weighted by Gasteiger charge is -2.26. The van der Waals surface area contributed by atoms with Crippen molar-refractivity contribution in [3.8, 4) is 0 Å². The summed E-state index contributed by atoms with van der Waals surface area (Å²) in [5.74, 6) is -1.05. The van der Waals surface area contributed by atoms with E-state index in [4.69, 9.17) is 14.2 Å². The number of amides is 2. The van der Waals surface area contributed by atoms with Gasteiger partial charge < -0.3 is 14.2 Å². The Hall–Kier alpha value is -3.35. The van der Waals surface area contributed by atoms with E-state index >= 15 is 0 Å². The van der Waals surface area contributed by atoms with Gasteiger partial charge in [-0.15, -0.1) is 0 Å². The molecule has 7 nitrogen and oxygen atoms in total. The van der Waals surface area contributed by atoms with E-state index in [9.17, 15) is 14.4 Å². The van der Waals surface area contributed by atoms with Gasteiger partial charge in [0.15, 0.2) is 0 Å². The third-order valence-corrected chi connectivity index (χ3v) is 4.86. The van der Waals surface area contributed by atoms with E-state index in [-0.39, 0.29) is 13.2 Å². The van der Waals surface area contributed by atoms with Gasteiger partial charge in [-0.3, -0.25) is 0 Å². The van der Waals surface area contributed by atoms with Crippen LogP contribution in [0.1, 0.15) is 25.0 Å². The molecule has 152 valence electrons. The molecule has 2 aromatic carbocycles. The highest BCUT2D eigenvalue weighted by Gasteiger charge is 2.49. The van der Waals surface area contributed by atoms with Crippen molar-refractivity contribution in [3.63, 3.8) is 0 Å². The summed E-state index contributed by atoms with van der Waals surface area (Å²) >= 11 is 0. The van der Waals surface area contributed by atoms with E-state index < -0.39 is 36.2 Å². The van der Waals surface area contributed by atoms with Crippen molar-refractivity contribution < 1.29 is 28.6 Å². The van der Waals surface area contributed by atoms with Gasteiger partial charge in [-0.25, -0.2) is 14.4 Å². The fraction of sp³-hybridized carbons (Fsp3) is 0.318. The lowest BCUT2D eigenvalue weighted by molar-refractivity contribution is -0.144. The maximum atomic E-state index is 12.7. The van der Waals surface area contributed by atoms with Gasteiger partial charge in [0.25, 0.3) is 0 Å². The summed E-state index contributed by atoms with van der Waals surface area (Å²) in [6.07, 6.45) is -2.33. The van der Waals surface area contributed by atoms with E-state index in [2.05, 4.69) is 0 Å². The standard InChI is InChI=1S/C22H23NO6/c1-15-16(2)29-20(24)19(15)23(21(25)27-13-17-9-5-3-6-10-17)22(26)28-14-18-11-7-4-8-12-18/h3-12,15-16,19H,13-14H2,1-2H3/t15-,16-,19-/m0/s1. The van der Waals surface area contributed by atoms with Gasteiger partial charge in [0, 0.05) is 5.92 Å². The van der Waals surface area contributed by atoms with Crippen molar-refractivity contribution in [3.05, 3.63) is 71.8 Å². The minimum atomic E-state index is -1.10. The van der Waals surface area contributed by atoms with Crippen molar-refractivity contribution in [1.29, 1.82) is 0 Å². The molecular formula is C22H23NO6. The Labute approximate surface area is 169 Å². The number of carbonyl (C=O) groups is 3. The minimum absolute atomic E-state index is 0.0339. The Kier molecular flexibility index (Phi) is 6.49. The zero-order chi connectivity index (χ0) is 20.8. The van der Waals surface area contributed by atoms with Crippen molar-refractivity contribution in [2.75, 3.05) is 0 Å². The number of ether oxygens (including phenoxy) is 3. The number of rotatable bonds is 5. The number of hydrogen-bond acceptors (Lipinski definition) is 6. The number of carbonyl (C=O) groups excluding carboxylic acids is 3. The summed E-state index contributed by atoms with van der Waals surface area (Å²) in [5.41, 5.74) is 1.52. The molecule has 0 aromatic heterocycles. The van der Waals surface area contributed by atoms with Crippen LogP contribution in [-0.2, 0) is 32.2 Å². The molecule has 1 heterocycles. The maximum Gasteiger partial charge on any atom is 0.420 e. The van der Waals surface area contributed by atoms with Gasteiger partial charge in [-0.1, -0.05) is 67.6 Å². The predicted octanol–water partition coefficient (Wildman–Crippen LogP) is 3.91. The van der Waals surface area contributed by atoms with Gasteiger partial charge in [0.05, 0.1) is 0 Å². The zero-order valence-electron chi connectivity index (χ0n) is 16.3. The summed E-state index contributed by atoms with van der Waals surface area (Å²) < 4.78 is 15.8. The second-order valence-corrected chi connectivity index (χ2v) is 6.90. The summed E-state index contributed by atoms with van der Waals surface area (Å²) in [6.45, 7) is 3.38. The molecule has 0 spiro atoms. The van der Waals surface area contributed by atoms with Crippen LogP contribution in [0.15, 0.2) is 60.7 Å². The molecule has 2 aromatic rings. The molecular weight excluding hydrogens is 374 g/mol. The Morgan fingerprint density at radius 2 is 1.31 bits per heavy atom. The fourth-order valence-corrected chi connectivity index (χ4v) is 3.05. The normalized spacial score (nSPS) is 20.6. The van der Waals surface area contributed by atoms with Crippen LogP contribution in [-0.4, -0.2) is 35.2 Å². The molecule has 0 unspecified atom stereocenters. The monoisotopic (exact) mass is 397 g/mol. The number of hydrogen-bond donors (Lipinski definition) is 0. The first-order valence-electron chi connectivity index (χ1n) is 9.38. The SMILES string of the molecule is C[C@H]1[C@H](C)OC(=O)[C@H]1N(C(=O)OCc1ccccc1)C(=O)OCc1ccccc1. The van der Waals surface area contributed by atoms with Crippen LogP contribution in [0.5, 0.6) is 0 Å². The summed E-state index contributed by atoms with van der Waals surface area (Å²) in [4.78, 5) is 38.5.